The lowest BCUT2D eigenvalue weighted by atomic mass is 9.78. The molecule has 2 fully saturated rings. The number of hydrogen-bond acceptors (Lipinski definition) is 2. The molecule has 2 aliphatic rings. The number of benzene rings is 1. The third kappa shape index (κ3) is 2.73. The van der Waals surface area contributed by atoms with Crippen LogP contribution in [-0.2, 0) is 10.2 Å². The third-order valence-corrected chi connectivity index (χ3v) is 6.02. The molecule has 0 radical (unpaired) electrons. The van der Waals surface area contributed by atoms with Gasteiger partial charge in [0.25, 0.3) is 0 Å². The minimum Gasteiger partial charge on any atom is -0.355 e. The molecule has 1 N–H and O–H groups in total. The lowest BCUT2D eigenvalue weighted by Gasteiger charge is -2.29. The van der Waals surface area contributed by atoms with Crippen LogP contribution in [-0.4, -0.2) is 24.0 Å². The Balaban J connectivity index is 1.71. The maximum Gasteiger partial charge on any atom is 0.230 e. The molecule has 2 nitrogen and oxygen atoms in total. The van der Waals surface area contributed by atoms with E-state index in [9.17, 15) is 4.79 Å². The standard InChI is InChI=1S/C17H23NOS/c19-16(18-12-14-8-11-20-13-14)17(9-4-5-10-17)15-6-2-1-3-7-15/h1-3,6-7,14H,4-5,8-13H2,(H,18,19)/t14-/m1/s1. The third-order valence-electron chi connectivity index (χ3n) is 4.79. The Morgan fingerprint density at radius 1 is 1.25 bits per heavy atom. The molecule has 1 saturated carbocycles. The van der Waals surface area contributed by atoms with Gasteiger partial charge in [0.05, 0.1) is 5.41 Å². The monoisotopic (exact) mass is 289 g/mol. The predicted molar refractivity (Wildman–Crippen MR) is 85.0 cm³/mol. The minimum absolute atomic E-state index is 0.257. The fourth-order valence-electron chi connectivity index (χ4n) is 3.53. The van der Waals surface area contributed by atoms with Gasteiger partial charge in [0.2, 0.25) is 5.91 Å². The van der Waals surface area contributed by atoms with Crippen molar-refractivity contribution >= 4 is 17.7 Å². The van der Waals surface area contributed by atoms with Gasteiger partial charge in [0.1, 0.15) is 0 Å². The molecule has 1 saturated heterocycles. The fourth-order valence-corrected chi connectivity index (χ4v) is 4.82. The van der Waals surface area contributed by atoms with Crippen molar-refractivity contribution in [1.29, 1.82) is 0 Å². The summed E-state index contributed by atoms with van der Waals surface area (Å²) in [4.78, 5) is 12.8. The Bertz CT molecular complexity index is 447. The van der Waals surface area contributed by atoms with Crippen LogP contribution in [0.2, 0.25) is 0 Å². The molecule has 1 heterocycles. The first-order chi connectivity index (χ1) is 9.81. The highest BCUT2D eigenvalue weighted by Gasteiger charge is 2.42. The van der Waals surface area contributed by atoms with Crippen LogP contribution in [0.5, 0.6) is 0 Å². The van der Waals surface area contributed by atoms with Gasteiger partial charge in [-0.3, -0.25) is 4.79 Å². The van der Waals surface area contributed by atoms with E-state index in [-0.39, 0.29) is 11.3 Å². The molecule has 0 bridgehead atoms. The molecule has 20 heavy (non-hydrogen) atoms. The van der Waals surface area contributed by atoms with E-state index in [0.29, 0.717) is 5.92 Å². The van der Waals surface area contributed by atoms with Gasteiger partial charge in [-0.2, -0.15) is 11.8 Å². The van der Waals surface area contributed by atoms with Crippen molar-refractivity contribution in [2.45, 2.75) is 37.5 Å². The van der Waals surface area contributed by atoms with Crippen molar-refractivity contribution in [2.75, 3.05) is 18.1 Å². The molecule has 1 amide bonds. The van der Waals surface area contributed by atoms with E-state index in [0.717, 1.165) is 19.4 Å². The lowest BCUT2D eigenvalue weighted by Crippen LogP contribution is -2.44. The number of amides is 1. The van der Waals surface area contributed by atoms with Crippen LogP contribution in [0.1, 0.15) is 37.7 Å². The summed E-state index contributed by atoms with van der Waals surface area (Å²) >= 11 is 2.01. The fraction of sp³-hybridized carbons (Fsp3) is 0.588. The van der Waals surface area contributed by atoms with Gasteiger partial charge in [0.15, 0.2) is 0 Å². The molecule has 0 spiro atoms. The van der Waals surface area contributed by atoms with Crippen LogP contribution in [0.25, 0.3) is 0 Å². The first-order valence-electron chi connectivity index (χ1n) is 7.73. The maximum absolute atomic E-state index is 12.8. The van der Waals surface area contributed by atoms with Crippen LogP contribution in [0.15, 0.2) is 30.3 Å². The quantitative estimate of drug-likeness (QED) is 0.921. The van der Waals surface area contributed by atoms with Crippen molar-refractivity contribution in [3.63, 3.8) is 0 Å². The molecule has 1 aromatic rings. The van der Waals surface area contributed by atoms with E-state index >= 15 is 0 Å². The number of nitrogens with one attached hydrogen (secondary N) is 1. The Morgan fingerprint density at radius 3 is 2.65 bits per heavy atom. The van der Waals surface area contributed by atoms with E-state index in [1.165, 1.54) is 36.3 Å². The highest BCUT2D eigenvalue weighted by atomic mass is 32.2. The summed E-state index contributed by atoms with van der Waals surface area (Å²) in [5.74, 6) is 3.40. The highest BCUT2D eigenvalue weighted by molar-refractivity contribution is 7.99. The molecule has 3 rings (SSSR count). The zero-order chi connectivity index (χ0) is 13.8. The maximum atomic E-state index is 12.8. The lowest BCUT2D eigenvalue weighted by molar-refractivity contribution is -0.126. The first kappa shape index (κ1) is 14.0. The molecular formula is C17H23NOS. The zero-order valence-electron chi connectivity index (χ0n) is 11.9. The van der Waals surface area contributed by atoms with E-state index < -0.39 is 0 Å². The molecule has 0 unspecified atom stereocenters. The SMILES string of the molecule is O=C(NC[C@H]1CCSC1)C1(c2ccccc2)CCCC1. The summed E-state index contributed by atoms with van der Waals surface area (Å²) in [7, 11) is 0. The molecule has 108 valence electrons. The van der Waals surface area contributed by atoms with Gasteiger partial charge in [-0.15, -0.1) is 0 Å². The number of rotatable bonds is 4. The number of carbonyl (C=O) groups excluding carboxylic acids is 1. The van der Waals surface area contributed by atoms with Crippen LogP contribution in [0, 0.1) is 5.92 Å². The largest absolute Gasteiger partial charge is 0.355 e. The van der Waals surface area contributed by atoms with E-state index in [4.69, 9.17) is 0 Å². The summed E-state index contributed by atoms with van der Waals surface area (Å²) in [5, 5.41) is 3.25. The van der Waals surface area contributed by atoms with Gasteiger partial charge < -0.3 is 5.32 Å². The van der Waals surface area contributed by atoms with Crippen molar-refractivity contribution in [2.24, 2.45) is 5.92 Å². The van der Waals surface area contributed by atoms with Gasteiger partial charge >= 0.3 is 0 Å². The Kier molecular flexibility index (Phi) is 4.35. The average molecular weight is 289 g/mol. The van der Waals surface area contributed by atoms with Crippen molar-refractivity contribution < 1.29 is 4.79 Å². The average Bonchev–Trinajstić information content (AvgIpc) is 3.18. The molecule has 1 aromatic carbocycles. The summed E-state index contributed by atoms with van der Waals surface area (Å²) in [5.41, 5.74) is 0.948. The Hall–Kier alpha value is -0.960. The first-order valence-corrected chi connectivity index (χ1v) is 8.88. The second-order valence-electron chi connectivity index (χ2n) is 6.09. The van der Waals surface area contributed by atoms with E-state index in [1.54, 1.807) is 0 Å². The Morgan fingerprint density at radius 2 is 2.00 bits per heavy atom. The second-order valence-corrected chi connectivity index (χ2v) is 7.24. The van der Waals surface area contributed by atoms with E-state index in [1.807, 2.05) is 17.8 Å². The summed E-state index contributed by atoms with van der Waals surface area (Å²) < 4.78 is 0. The minimum atomic E-state index is -0.257. The molecule has 1 atom stereocenters. The van der Waals surface area contributed by atoms with Gasteiger partial charge in [-0.25, -0.2) is 0 Å². The van der Waals surface area contributed by atoms with Crippen LogP contribution < -0.4 is 5.32 Å². The predicted octanol–water partition coefficient (Wildman–Crippen LogP) is 3.37. The van der Waals surface area contributed by atoms with Gasteiger partial charge in [-0.1, -0.05) is 43.2 Å². The topological polar surface area (TPSA) is 29.1 Å². The smallest absolute Gasteiger partial charge is 0.230 e. The van der Waals surface area contributed by atoms with Gasteiger partial charge in [-0.05, 0) is 42.2 Å². The van der Waals surface area contributed by atoms with Crippen molar-refractivity contribution in [3.8, 4) is 0 Å². The van der Waals surface area contributed by atoms with Crippen molar-refractivity contribution in [3.05, 3.63) is 35.9 Å². The Labute approximate surface area is 125 Å². The zero-order valence-corrected chi connectivity index (χ0v) is 12.8. The van der Waals surface area contributed by atoms with Crippen molar-refractivity contribution in [1.82, 2.24) is 5.32 Å². The summed E-state index contributed by atoms with van der Waals surface area (Å²) in [6.45, 7) is 0.862. The van der Waals surface area contributed by atoms with Gasteiger partial charge in [0, 0.05) is 6.54 Å². The number of carbonyl (C=O) groups is 1. The number of hydrogen-bond donors (Lipinski definition) is 1. The molecule has 1 aliphatic carbocycles. The highest BCUT2D eigenvalue weighted by Crippen LogP contribution is 2.41. The second kappa shape index (κ2) is 6.21. The van der Waals surface area contributed by atoms with Crippen LogP contribution >= 0.6 is 11.8 Å². The normalized spacial score (nSPS) is 24.7. The summed E-state index contributed by atoms with van der Waals surface area (Å²) in [6.07, 6.45) is 5.59. The molecule has 0 aromatic heterocycles. The van der Waals surface area contributed by atoms with Crippen LogP contribution in [0.3, 0.4) is 0 Å². The number of thioether (sulfide) groups is 1. The summed E-state index contributed by atoms with van der Waals surface area (Å²) in [6, 6.07) is 10.4. The molecular weight excluding hydrogens is 266 g/mol. The van der Waals surface area contributed by atoms with Crippen LogP contribution in [0.4, 0.5) is 0 Å². The molecule has 3 heteroatoms. The van der Waals surface area contributed by atoms with E-state index in [2.05, 4.69) is 29.6 Å². The molecule has 1 aliphatic heterocycles.